The van der Waals surface area contributed by atoms with Crippen LogP contribution >= 0.6 is 0 Å². The van der Waals surface area contributed by atoms with Crippen molar-refractivity contribution >= 4 is 5.69 Å². The molecule has 2 heterocycles. The molecule has 4 nitrogen and oxygen atoms in total. The van der Waals surface area contributed by atoms with Gasteiger partial charge in [0.1, 0.15) is 5.75 Å². The molecule has 30 heavy (non-hydrogen) atoms. The lowest BCUT2D eigenvalue weighted by atomic mass is 9.74. The highest BCUT2D eigenvalue weighted by molar-refractivity contribution is 5.50. The molecule has 0 unspecified atom stereocenters. The zero-order valence-electron chi connectivity index (χ0n) is 17.9. The Morgan fingerprint density at radius 1 is 0.867 bits per heavy atom. The molecule has 4 heteroatoms. The molecular weight excluding hydrogens is 370 g/mol. The fraction of sp³-hybridized carbons (Fsp3) is 0.500. The van der Waals surface area contributed by atoms with Gasteiger partial charge in [0.25, 0.3) is 0 Å². The van der Waals surface area contributed by atoms with E-state index in [2.05, 4.69) is 52.3 Å². The number of anilines is 1. The van der Waals surface area contributed by atoms with Crippen LogP contribution < -0.4 is 9.64 Å². The van der Waals surface area contributed by atoms with Crippen LogP contribution in [0.25, 0.3) is 0 Å². The number of rotatable bonds is 7. The Morgan fingerprint density at radius 3 is 2.23 bits per heavy atom. The summed E-state index contributed by atoms with van der Waals surface area (Å²) in [7, 11) is 0. The van der Waals surface area contributed by atoms with Gasteiger partial charge in [-0.3, -0.25) is 0 Å². The lowest BCUT2D eigenvalue weighted by Crippen LogP contribution is -2.41. The van der Waals surface area contributed by atoms with E-state index in [4.69, 9.17) is 4.74 Å². The molecule has 0 atom stereocenters. The number of piperidine rings is 2. The Morgan fingerprint density at radius 2 is 1.57 bits per heavy atom. The van der Waals surface area contributed by atoms with Crippen LogP contribution in [0.2, 0.25) is 0 Å². The number of hydrogen-bond donors (Lipinski definition) is 0. The molecule has 2 aromatic rings. The Hall–Kier alpha value is -2.51. The zero-order chi connectivity index (χ0) is 20.7. The van der Waals surface area contributed by atoms with Crippen molar-refractivity contribution < 1.29 is 4.74 Å². The van der Waals surface area contributed by atoms with Crippen molar-refractivity contribution in [1.82, 2.24) is 4.90 Å². The molecule has 2 aromatic carbocycles. The Labute approximate surface area is 181 Å². The number of nitrogens with zero attached hydrogens (tertiary/aromatic N) is 3. The van der Waals surface area contributed by atoms with E-state index in [1.54, 1.807) is 0 Å². The van der Waals surface area contributed by atoms with Gasteiger partial charge in [0, 0.05) is 25.3 Å². The van der Waals surface area contributed by atoms with E-state index in [-0.39, 0.29) is 5.41 Å². The minimum absolute atomic E-state index is 0.352. The molecule has 4 rings (SSSR count). The van der Waals surface area contributed by atoms with Crippen LogP contribution in [0.4, 0.5) is 5.69 Å². The summed E-state index contributed by atoms with van der Waals surface area (Å²) in [5.74, 6) is 0.949. The normalized spacial score (nSPS) is 19.2. The van der Waals surface area contributed by atoms with Gasteiger partial charge in [-0.05, 0) is 75.0 Å². The number of likely N-dealkylation sites (tertiary alicyclic amines) is 1. The van der Waals surface area contributed by atoms with E-state index in [0.717, 1.165) is 56.8 Å². The molecular formula is C26H33N3O. The minimum Gasteiger partial charge on any atom is -0.494 e. The molecule has 158 valence electrons. The molecule has 0 saturated carbocycles. The Balaban J connectivity index is 1.25. The first-order valence-electron chi connectivity index (χ1n) is 11.5. The summed E-state index contributed by atoms with van der Waals surface area (Å²) in [4.78, 5) is 4.95. The van der Waals surface area contributed by atoms with E-state index in [9.17, 15) is 5.26 Å². The largest absolute Gasteiger partial charge is 0.494 e. The van der Waals surface area contributed by atoms with Crippen LogP contribution in [0, 0.1) is 11.3 Å². The minimum atomic E-state index is -0.352. The maximum Gasteiger partial charge on any atom is 0.119 e. The molecule has 0 spiro atoms. The molecule has 2 fully saturated rings. The van der Waals surface area contributed by atoms with E-state index >= 15 is 0 Å². The van der Waals surface area contributed by atoms with E-state index in [1.165, 1.54) is 38.0 Å². The molecule has 0 N–H and O–H groups in total. The number of nitriles is 1. The lowest BCUT2D eigenvalue weighted by Gasteiger charge is -2.38. The first kappa shape index (κ1) is 20.8. The van der Waals surface area contributed by atoms with Crippen LogP contribution in [0.15, 0.2) is 54.6 Å². The second-order valence-electron chi connectivity index (χ2n) is 8.65. The number of hydrogen-bond acceptors (Lipinski definition) is 4. The van der Waals surface area contributed by atoms with E-state index < -0.39 is 0 Å². The molecule has 2 aliphatic heterocycles. The lowest BCUT2D eigenvalue weighted by molar-refractivity contribution is 0.205. The molecule has 0 amide bonds. The fourth-order valence-corrected chi connectivity index (χ4v) is 4.78. The highest BCUT2D eigenvalue weighted by atomic mass is 16.5. The predicted molar refractivity (Wildman–Crippen MR) is 122 cm³/mol. The summed E-state index contributed by atoms with van der Waals surface area (Å²) in [6.45, 7) is 6.23. The third-order valence-corrected chi connectivity index (χ3v) is 6.70. The second kappa shape index (κ2) is 10.00. The van der Waals surface area contributed by atoms with Crippen molar-refractivity contribution in [3.63, 3.8) is 0 Å². The topological polar surface area (TPSA) is 39.5 Å². The third kappa shape index (κ3) is 4.96. The smallest absolute Gasteiger partial charge is 0.119 e. The molecule has 0 bridgehead atoms. The summed E-state index contributed by atoms with van der Waals surface area (Å²) in [5.41, 5.74) is 2.02. The van der Waals surface area contributed by atoms with Crippen molar-refractivity contribution in [2.75, 3.05) is 44.2 Å². The number of benzene rings is 2. The van der Waals surface area contributed by atoms with E-state index in [0.29, 0.717) is 0 Å². The van der Waals surface area contributed by atoms with Gasteiger partial charge in [-0.1, -0.05) is 36.8 Å². The molecule has 2 aliphatic rings. The Bertz CT molecular complexity index is 814. The van der Waals surface area contributed by atoms with Crippen LogP contribution in [0.3, 0.4) is 0 Å². The van der Waals surface area contributed by atoms with Gasteiger partial charge in [-0.2, -0.15) is 5.26 Å². The van der Waals surface area contributed by atoms with Gasteiger partial charge in [0.2, 0.25) is 0 Å². The molecule has 0 radical (unpaired) electrons. The van der Waals surface area contributed by atoms with Crippen molar-refractivity contribution in [3.8, 4) is 11.8 Å². The average molecular weight is 404 g/mol. The van der Waals surface area contributed by atoms with Crippen molar-refractivity contribution in [1.29, 1.82) is 5.26 Å². The standard InChI is InChI=1S/C26H33N3O/c27-22-26(23-8-3-1-4-9-23)14-19-29(20-15-26)24-10-12-25(13-11-24)30-21-7-18-28-16-5-2-6-17-28/h1,3-4,8-13H,2,5-7,14-21H2. The van der Waals surface area contributed by atoms with Gasteiger partial charge in [-0.25, -0.2) is 0 Å². The van der Waals surface area contributed by atoms with Gasteiger partial charge >= 0.3 is 0 Å². The van der Waals surface area contributed by atoms with Crippen LogP contribution in [0.1, 0.15) is 44.1 Å². The van der Waals surface area contributed by atoms with Gasteiger partial charge < -0.3 is 14.5 Å². The second-order valence-corrected chi connectivity index (χ2v) is 8.65. The van der Waals surface area contributed by atoms with Crippen molar-refractivity contribution in [2.45, 2.75) is 43.9 Å². The summed E-state index contributed by atoms with van der Waals surface area (Å²) < 4.78 is 5.96. The average Bonchev–Trinajstić information content (AvgIpc) is 2.83. The highest BCUT2D eigenvalue weighted by Crippen LogP contribution is 2.36. The SMILES string of the molecule is N#CC1(c2ccccc2)CCN(c2ccc(OCCCN3CCCCC3)cc2)CC1. The first-order chi connectivity index (χ1) is 14.8. The predicted octanol–water partition coefficient (Wildman–Crippen LogP) is 5.00. The fourth-order valence-electron chi connectivity index (χ4n) is 4.78. The van der Waals surface area contributed by atoms with Crippen LogP contribution in [-0.4, -0.2) is 44.2 Å². The van der Waals surface area contributed by atoms with Crippen molar-refractivity contribution in [2.24, 2.45) is 0 Å². The first-order valence-corrected chi connectivity index (χ1v) is 11.5. The van der Waals surface area contributed by atoms with Crippen LogP contribution in [-0.2, 0) is 5.41 Å². The Kier molecular flexibility index (Phi) is 6.92. The van der Waals surface area contributed by atoms with Crippen molar-refractivity contribution in [3.05, 3.63) is 60.2 Å². The maximum absolute atomic E-state index is 9.89. The molecule has 0 aliphatic carbocycles. The highest BCUT2D eigenvalue weighted by Gasteiger charge is 2.36. The maximum atomic E-state index is 9.89. The molecule has 0 aromatic heterocycles. The van der Waals surface area contributed by atoms with Gasteiger partial charge in [-0.15, -0.1) is 0 Å². The quantitative estimate of drug-likeness (QED) is 0.610. The summed E-state index contributed by atoms with van der Waals surface area (Å²) in [6.07, 6.45) is 6.90. The molecule has 2 saturated heterocycles. The van der Waals surface area contributed by atoms with Gasteiger partial charge in [0.15, 0.2) is 0 Å². The summed E-state index contributed by atoms with van der Waals surface area (Å²) >= 11 is 0. The third-order valence-electron chi connectivity index (χ3n) is 6.70. The van der Waals surface area contributed by atoms with Gasteiger partial charge in [0.05, 0.1) is 18.1 Å². The number of ether oxygens (including phenoxy) is 1. The summed E-state index contributed by atoms with van der Waals surface area (Å²) in [6, 6.07) is 21.4. The summed E-state index contributed by atoms with van der Waals surface area (Å²) in [5, 5.41) is 9.89. The van der Waals surface area contributed by atoms with Crippen LogP contribution in [0.5, 0.6) is 5.75 Å². The zero-order valence-corrected chi connectivity index (χ0v) is 17.9. The van der Waals surface area contributed by atoms with E-state index in [1.807, 2.05) is 18.2 Å². The monoisotopic (exact) mass is 403 g/mol.